The Morgan fingerprint density at radius 1 is 1.00 bits per heavy atom. The van der Waals surface area contributed by atoms with E-state index in [4.69, 9.17) is 4.74 Å². The fourth-order valence-electron chi connectivity index (χ4n) is 3.21. The van der Waals surface area contributed by atoms with Crippen molar-refractivity contribution in [3.05, 3.63) is 60.2 Å². The van der Waals surface area contributed by atoms with E-state index in [0.29, 0.717) is 12.2 Å². The van der Waals surface area contributed by atoms with Crippen molar-refractivity contribution >= 4 is 17.9 Å². The number of fused-ring (bicyclic) bond motifs is 1. The Balaban J connectivity index is 1.48. The highest BCUT2D eigenvalue weighted by molar-refractivity contribution is 5.76. The van der Waals surface area contributed by atoms with Gasteiger partial charge in [0.25, 0.3) is 0 Å². The van der Waals surface area contributed by atoms with Crippen molar-refractivity contribution < 1.29 is 14.1 Å². The second kappa shape index (κ2) is 7.00. The van der Waals surface area contributed by atoms with Gasteiger partial charge in [-0.05, 0) is 32.4 Å². The number of para-hydroxylation sites is 2. The summed E-state index contributed by atoms with van der Waals surface area (Å²) >= 11 is 0. The van der Waals surface area contributed by atoms with Crippen molar-refractivity contribution in [2.75, 3.05) is 6.54 Å². The first-order chi connectivity index (χ1) is 11.6. The zero-order valence-electron chi connectivity index (χ0n) is 14.4. The minimum atomic E-state index is -0.160. The van der Waals surface area contributed by atoms with Crippen LogP contribution in [-0.2, 0) is 10.2 Å². The van der Waals surface area contributed by atoms with Gasteiger partial charge in [-0.1, -0.05) is 36.4 Å². The normalized spacial score (nSPS) is 14.8. The van der Waals surface area contributed by atoms with Gasteiger partial charge in [0.15, 0.2) is 6.21 Å². The van der Waals surface area contributed by atoms with Crippen LogP contribution in [0.5, 0.6) is 5.75 Å². The molecule has 0 N–H and O–H groups in total. The molecule has 0 amide bonds. The lowest BCUT2D eigenvalue weighted by molar-refractivity contribution is -0.434. The maximum Gasteiger partial charge on any atom is 0.311 e. The average molecular weight is 322 g/mol. The molecule has 124 valence electrons. The number of benzene rings is 2. The van der Waals surface area contributed by atoms with E-state index < -0.39 is 0 Å². The molecule has 0 aliphatic carbocycles. The van der Waals surface area contributed by atoms with Crippen LogP contribution < -0.4 is 4.74 Å². The summed E-state index contributed by atoms with van der Waals surface area (Å²) in [6, 6.07) is 17.8. The summed E-state index contributed by atoms with van der Waals surface area (Å²) in [5, 5.41) is 0. The Hall–Kier alpha value is -2.42. The molecule has 2 aromatic rings. The van der Waals surface area contributed by atoms with Crippen molar-refractivity contribution in [2.24, 2.45) is 0 Å². The molecule has 3 nitrogen and oxygen atoms in total. The van der Waals surface area contributed by atoms with Crippen LogP contribution >= 0.6 is 0 Å². The lowest BCUT2D eigenvalue weighted by Gasteiger charge is -2.09. The van der Waals surface area contributed by atoms with Crippen molar-refractivity contribution in [1.29, 1.82) is 0 Å². The van der Waals surface area contributed by atoms with E-state index in [1.54, 1.807) is 12.1 Å². The highest BCUT2D eigenvalue weighted by Crippen LogP contribution is 2.35. The molecule has 1 heterocycles. The first-order valence-electron chi connectivity index (χ1n) is 8.54. The van der Waals surface area contributed by atoms with Crippen LogP contribution in [0.2, 0.25) is 0 Å². The molecule has 0 atom stereocenters. The quantitative estimate of drug-likeness (QED) is 0.340. The van der Waals surface area contributed by atoms with Gasteiger partial charge in [-0.2, -0.15) is 0 Å². The monoisotopic (exact) mass is 322 g/mol. The lowest BCUT2D eigenvalue weighted by atomic mass is 9.87. The van der Waals surface area contributed by atoms with E-state index in [9.17, 15) is 4.79 Å². The molecular formula is C21H24NO2+. The first kappa shape index (κ1) is 16.4. The summed E-state index contributed by atoms with van der Waals surface area (Å²) in [4.78, 5) is 11.9. The van der Waals surface area contributed by atoms with Gasteiger partial charge in [0, 0.05) is 24.5 Å². The third-order valence-corrected chi connectivity index (χ3v) is 4.39. The van der Waals surface area contributed by atoms with E-state index in [0.717, 1.165) is 19.4 Å². The number of hydrogen-bond acceptors (Lipinski definition) is 2. The van der Waals surface area contributed by atoms with Crippen LogP contribution in [0.15, 0.2) is 54.6 Å². The maximum atomic E-state index is 11.9. The van der Waals surface area contributed by atoms with Crippen LogP contribution in [0.25, 0.3) is 0 Å². The molecule has 0 aromatic heterocycles. The molecule has 3 heteroatoms. The summed E-state index contributed by atoms with van der Waals surface area (Å²) in [5.74, 6) is 0.457. The van der Waals surface area contributed by atoms with Gasteiger partial charge in [-0.15, -0.1) is 0 Å². The van der Waals surface area contributed by atoms with Crippen LogP contribution in [0, 0.1) is 0 Å². The fraction of sp³-hybridized carbons (Fsp3) is 0.333. The third-order valence-electron chi connectivity index (χ3n) is 4.39. The number of carbonyl (C=O) groups is 1. The summed E-state index contributed by atoms with van der Waals surface area (Å²) in [6.07, 6.45) is 4.54. The fourth-order valence-corrected chi connectivity index (χ4v) is 3.21. The Kier molecular flexibility index (Phi) is 4.79. The predicted molar refractivity (Wildman–Crippen MR) is 96.2 cm³/mol. The van der Waals surface area contributed by atoms with Gasteiger partial charge in [-0.3, -0.25) is 4.79 Å². The highest BCUT2D eigenvalue weighted by atomic mass is 16.5. The maximum absolute atomic E-state index is 11.9. The molecule has 24 heavy (non-hydrogen) atoms. The predicted octanol–water partition coefficient (Wildman–Crippen LogP) is 4.47. The van der Waals surface area contributed by atoms with Crippen LogP contribution in [0.1, 0.15) is 38.7 Å². The highest BCUT2D eigenvalue weighted by Gasteiger charge is 2.36. The van der Waals surface area contributed by atoms with Gasteiger partial charge in [-0.25, -0.2) is 4.58 Å². The first-order valence-corrected chi connectivity index (χ1v) is 8.54. The van der Waals surface area contributed by atoms with Crippen molar-refractivity contribution in [3.63, 3.8) is 0 Å². The number of carbonyl (C=O) groups excluding carboxylic acids is 1. The summed E-state index contributed by atoms with van der Waals surface area (Å²) in [5.41, 5.74) is 2.73. The van der Waals surface area contributed by atoms with E-state index in [1.807, 2.05) is 18.2 Å². The zero-order valence-corrected chi connectivity index (χ0v) is 14.4. The smallest absolute Gasteiger partial charge is 0.311 e. The van der Waals surface area contributed by atoms with Crippen LogP contribution in [0.3, 0.4) is 0 Å². The van der Waals surface area contributed by atoms with E-state index in [1.165, 1.54) is 11.3 Å². The molecule has 2 aromatic carbocycles. The second-order valence-corrected chi connectivity index (χ2v) is 6.81. The molecule has 0 saturated heterocycles. The average Bonchev–Trinajstić information content (AvgIpc) is 2.84. The summed E-state index contributed by atoms with van der Waals surface area (Å²) in [6.45, 7) is 5.41. The number of esters is 1. The number of rotatable bonds is 6. The standard InChI is InChI=1S/C21H24NO2/c1-21(2)16-22(19-13-7-6-12-18(19)21)15-9-8-14-20(23)24-17-10-4-3-5-11-17/h3-7,10-13,16H,8-9,14-15H2,1-2H3/q+1. The van der Waals surface area contributed by atoms with Gasteiger partial charge in [0.2, 0.25) is 5.69 Å². The molecule has 0 bridgehead atoms. The largest absolute Gasteiger partial charge is 0.427 e. The topological polar surface area (TPSA) is 29.3 Å². The minimum absolute atomic E-state index is 0.0723. The Labute approximate surface area is 143 Å². The number of nitrogens with zero attached hydrogens (tertiary/aromatic N) is 1. The van der Waals surface area contributed by atoms with Crippen molar-refractivity contribution in [3.8, 4) is 5.75 Å². The molecule has 0 spiro atoms. The molecule has 3 rings (SSSR count). The van der Waals surface area contributed by atoms with Crippen LogP contribution in [-0.4, -0.2) is 23.3 Å². The van der Waals surface area contributed by atoms with Crippen molar-refractivity contribution in [2.45, 2.75) is 38.5 Å². The molecular weight excluding hydrogens is 298 g/mol. The summed E-state index contributed by atoms with van der Waals surface area (Å²) in [7, 11) is 0. The number of ether oxygens (including phenoxy) is 1. The van der Waals surface area contributed by atoms with Crippen molar-refractivity contribution in [1.82, 2.24) is 0 Å². The lowest BCUT2D eigenvalue weighted by Crippen LogP contribution is -2.17. The Bertz CT molecular complexity index is 747. The summed E-state index contributed by atoms with van der Waals surface area (Å²) < 4.78 is 7.63. The van der Waals surface area contributed by atoms with Gasteiger partial charge < -0.3 is 4.74 Å². The molecule has 0 saturated carbocycles. The Morgan fingerprint density at radius 3 is 2.50 bits per heavy atom. The number of unbranched alkanes of at least 4 members (excludes halogenated alkanes) is 1. The van der Waals surface area contributed by atoms with E-state index in [-0.39, 0.29) is 11.4 Å². The van der Waals surface area contributed by atoms with Gasteiger partial charge >= 0.3 is 5.97 Å². The molecule has 0 fully saturated rings. The van der Waals surface area contributed by atoms with Gasteiger partial charge in [0.1, 0.15) is 12.3 Å². The van der Waals surface area contributed by atoms with E-state index in [2.05, 4.69) is 48.9 Å². The van der Waals surface area contributed by atoms with E-state index >= 15 is 0 Å². The molecule has 1 aliphatic rings. The molecule has 0 radical (unpaired) electrons. The second-order valence-electron chi connectivity index (χ2n) is 6.81. The SMILES string of the molecule is CC1(C)C=[N+](CCCCC(=O)Oc2ccccc2)c2ccccc21. The van der Waals surface area contributed by atoms with Gasteiger partial charge in [0.05, 0.1) is 5.41 Å². The minimum Gasteiger partial charge on any atom is -0.427 e. The molecule has 0 unspecified atom stereocenters. The Morgan fingerprint density at radius 2 is 1.71 bits per heavy atom. The van der Waals surface area contributed by atoms with Crippen LogP contribution in [0.4, 0.5) is 5.69 Å². The zero-order chi connectivity index (χ0) is 17.0. The third kappa shape index (κ3) is 3.73. The molecule has 1 aliphatic heterocycles. The number of hydrogen-bond donors (Lipinski definition) is 0.